The fourth-order valence-electron chi connectivity index (χ4n) is 0.349. The molecular weight excluding hydrogens is 199 g/mol. The molecule has 1 aliphatic rings. The van der Waals surface area contributed by atoms with Gasteiger partial charge in [-0.05, 0) is 0 Å². The molecule has 1 aliphatic heterocycles. The summed E-state index contributed by atoms with van der Waals surface area (Å²) < 4.78 is 0. The molecule has 41 valence electrons. The summed E-state index contributed by atoms with van der Waals surface area (Å²) in [6, 6.07) is 0. The summed E-state index contributed by atoms with van der Waals surface area (Å²) in [6.45, 7) is 3.48. The van der Waals surface area contributed by atoms with E-state index in [1.807, 2.05) is 0 Å². The number of hydrogen-bond donors (Lipinski definition) is 0. The Morgan fingerprint density at radius 1 is 1.75 bits per heavy atom. The van der Waals surface area contributed by atoms with Crippen LogP contribution in [-0.2, 0) is 37.5 Å². The Kier molecular flexibility index (Phi) is 3.95. The number of thioether (sulfide) groups is 1. The molecule has 0 aromatic carbocycles. The van der Waals surface area contributed by atoms with Gasteiger partial charge in [-0.25, -0.2) is 0 Å². The third-order valence-electron chi connectivity index (χ3n) is 0.612. The van der Waals surface area contributed by atoms with Gasteiger partial charge < -0.3 is 10.1 Å². The maximum absolute atomic E-state index is 10.2. The number of carbonyl (C=O) groups excluding carboxylic acids is 1. The number of carbonyl (C=O) groups is 1. The number of hydrogen-bond acceptors (Lipinski definition) is 2. The van der Waals surface area contributed by atoms with E-state index in [1.165, 1.54) is 11.8 Å². The van der Waals surface area contributed by atoms with Crippen LogP contribution in [0.3, 0.4) is 0 Å². The third kappa shape index (κ3) is 2.29. The van der Waals surface area contributed by atoms with Crippen LogP contribution in [-0.4, -0.2) is 11.7 Å². The van der Waals surface area contributed by atoms with E-state index in [0.29, 0.717) is 10.8 Å². The zero-order chi connectivity index (χ0) is 5.28. The molecule has 1 heterocycles. The molecule has 0 unspecified atom stereocenters. The van der Waals surface area contributed by atoms with Crippen molar-refractivity contribution in [3.63, 3.8) is 0 Å². The van der Waals surface area contributed by atoms with Crippen LogP contribution in [0.4, 0.5) is 0 Å². The predicted octanol–water partition coefficient (Wildman–Crippen LogP) is 1.10. The molecule has 1 fully saturated rings. The van der Waals surface area contributed by atoms with Gasteiger partial charge in [0.05, 0.1) is 5.91 Å². The molecule has 2 nitrogen and oxygen atoms in total. The second-order valence-corrected chi connectivity index (χ2v) is 2.24. The van der Waals surface area contributed by atoms with Crippen molar-refractivity contribution >= 4 is 17.7 Å². The summed E-state index contributed by atoms with van der Waals surface area (Å²) in [5.74, 6) is 0.425. The number of rotatable bonds is 0. The topological polar surface area (TPSA) is 31.2 Å². The average Bonchev–Trinajstić information content (AvgIpc) is 1.87. The van der Waals surface area contributed by atoms with Crippen molar-refractivity contribution in [3.05, 3.63) is 16.9 Å². The fourth-order valence-corrected chi connectivity index (χ4v) is 0.870. The quantitative estimate of drug-likeness (QED) is 0.590. The van der Waals surface area contributed by atoms with Gasteiger partial charge in [-0.2, -0.15) is 0 Å². The van der Waals surface area contributed by atoms with Crippen molar-refractivity contribution in [2.45, 2.75) is 0 Å². The average molecular weight is 203 g/mol. The summed E-state index contributed by atoms with van der Waals surface area (Å²) in [5, 5.41) is 4.16. The fraction of sp³-hybridized carbons (Fsp3) is 0.250. The van der Waals surface area contributed by atoms with Crippen LogP contribution < -0.4 is 0 Å². The first-order valence-corrected chi connectivity index (χ1v) is 2.84. The number of amides is 1. The third-order valence-corrected chi connectivity index (χ3v) is 1.43. The van der Waals surface area contributed by atoms with Crippen LogP contribution >= 0.6 is 11.8 Å². The molecule has 0 bridgehead atoms. The van der Waals surface area contributed by atoms with Gasteiger partial charge in [0.15, 0.2) is 0 Å². The van der Waals surface area contributed by atoms with Gasteiger partial charge in [0.2, 0.25) is 0 Å². The Bertz CT molecular complexity index is 111. The molecule has 0 N–H and O–H groups in total. The molecular formula is C4H4NOSY-. The van der Waals surface area contributed by atoms with Crippen molar-refractivity contribution in [1.82, 2.24) is 0 Å². The summed E-state index contributed by atoms with van der Waals surface area (Å²) in [7, 11) is 0. The van der Waals surface area contributed by atoms with Crippen molar-refractivity contribution in [1.29, 1.82) is 0 Å². The van der Waals surface area contributed by atoms with Crippen LogP contribution in [0.25, 0.3) is 5.32 Å². The Morgan fingerprint density at radius 3 is 2.50 bits per heavy atom. The van der Waals surface area contributed by atoms with Crippen LogP contribution in [0.1, 0.15) is 0 Å². The molecule has 0 atom stereocenters. The molecule has 1 radical (unpaired) electrons. The molecule has 0 saturated carbocycles. The van der Waals surface area contributed by atoms with Gasteiger partial charge >= 0.3 is 0 Å². The summed E-state index contributed by atoms with van der Waals surface area (Å²) in [6.07, 6.45) is 0. The van der Waals surface area contributed by atoms with Crippen LogP contribution in [0.2, 0.25) is 0 Å². The van der Waals surface area contributed by atoms with Gasteiger partial charge in [-0.1, -0.05) is 0 Å². The Labute approximate surface area is 77.4 Å². The minimum atomic E-state index is -0.0602. The standard InChI is InChI=1S/C4H5NOS.Y/c1-3-5-4(6)2-7-3;/h1-2H2,(H,5,6);/p-1. The van der Waals surface area contributed by atoms with E-state index < -0.39 is 0 Å². The second kappa shape index (κ2) is 3.64. The minimum Gasteiger partial charge on any atom is -0.621 e. The molecule has 0 aromatic rings. The Morgan fingerprint density at radius 2 is 2.38 bits per heavy atom. The largest absolute Gasteiger partial charge is 0.621 e. The Balaban J connectivity index is 0.000000490. The summed E-state index contributed by atoms with van der Waals surface area (Å²) in [5.41, 5.74) is 0. The van der Waals surface area contributed by atoms with Gasteiger partial charge in [0, 0.05) is 38.5 Å². The molecule has 0 aromatic heterocycles. The first kappa shape index (κ1) is 8.66. The summed E-state index contributed by atoms with van der Waals surface area (Å²) >= 11 is 1.39. The Hall–Kier alpha value is 0.664. The van der Waals surface area contributed by atoms with Crippen molar-refractivity contribution < 1.29 is 37.5 Å². The number of nitrogens with zero attached hydrogens (tertiary/aromatic N) is 1. The normalized spacial score (nSPS) is 17.5. The van der Waals surface area contributed by atoms with E-state index in [9.17, 15) is 4.79 Å². The van der Waals surface area contributed by atoms with Crippen LogP contribution in [0, 0.1) is 0 Å². The molecule has 1 amide bonds. The molecule has 8 heavy (non-hydrogen) atoms. The molecule has 4 heteroatoms. The monoisotopic (exact) mass is 203 g/mol. The summed E-state index contributed by atoms with van der Waals surface area (Å²) in [4.78, 5) is 10.2. The zero-order valence-corrected chi connectivity index (χ0v) is 7.91. The van der Waals surface area contributed by atoms with Crippen LogP contribution in [0.5, 0.6) is 0 Å². The van der Waals surface area contributed by atoms with E-state index in [-0.39, 0.29) is 38.6 Å². The molecule has 0 spiro atoms. The van der Waals surface area contributed by atoms with Crippen LogP contribution in [0.15, 0.2) is 11.6 Å². The zero-order valence-electron chi connectivity index (χ0n) is 4.26. The van der Waals surface area contributed by atoms with E-state index in [0.717, 1.165) is 0 Å². The first-order chi connectivity index (χ1) is 3.29. The second-order valence-electron chi connectivity index (χ2n) is 1.19. The van der Waals surface area contributed by atoms with Crippen molar-refractivity contribution in [2.75, 3.05) is 5.75 Å². The van der Waals surface area contributed by atoms with E-state index >= 15 is 0 Å². The first-order valence-electron chi connectivity index (χ1n) is 1.85. The smallest absolute Gasteiger partial charge is 0.0651 e. The van der Waals surface area contributed by atoms with Crippen molar-refractivity contribution in [2.24, 2.45) is 0 Å². The maximum atomic E-state index is 10.2. The molecule has 1 saturated heterocycles. The van der Waals surface area contributed by atoms with Gasteiger partial charge in [0.1, 0.15) is 0 Å². The van der Waals surface area contributed by atoms with Gasteiger partial charge in [-0.3, -0.25) is 0 Å². The van der Waals surface area contributed by atoms with Gasteiger partial charge in [0.25, 0.3) is 0 Å². The van der Waals surface area contributed by atoms with E-state index in [2.05, 4.69) is 11.9 Å². The molecule has 1 rings (SSSR count). The molecule has 0 aliphatic carbocycles. The van der Waals surface area contributed by atoms with E-state index in [4.69, 9.17) is 0 Å². The van der Waals surface area contributed by atoms with E-state index in [1.54, 1.807) is 0 Å². The van der Waals surface area contributed by atoms with Gasteiger partial charge in [-0.15, -0.1) is 23.4 Å². The minimum absolute atomic E-state index is 0. The van der Waals surface area contributed by atoms with Crippen molar-refractivity contribution in [3.8, 4) is 0 Å². The predicted molar refractivity (Wildman–Crippen MR) is 30.0 cm³/mol. The SMILES string of the molecule is C=C1[N-]C(=O)CS1.[Y]. The maximum Gasteiger partial charge on any atom is 0.0651 e.